The van der Waals surface area contributed by atoms with Gasteiger partial charge in [0.2, 0.25) is 0 Å². The first-order valence-electron chi connectivity index (χ1n) is 6.87. The Morgan fingerprint density at radius 3 is 2.68 bits per heavy atom. The van der Waals surface area contributed by atoms with E-state index in [0.29, 0.717) is 6.61 Å². The standard InChI is InChI=1S/C16H18ClNO4/c1-18(16(20)14-7-8-15(17)22-14)9-13(19)11-21-10-12-5-3-2-4-6-12/h2-8,13,19H,9-11H2,1H3. The smallest absolute Gasteiger partial charge is 0.289 e. The van der Waals surface area contributed by atoms with Gasteiger partial charge in [-0.25, -0.2) is 0 Å². The molecule has 6 heteroatoms. The number of aliphatic hydroxyl groups is 1. The molecule has 1 heterocycles. The summed E-state index contributed by atoms with van der Waals surface area (Å²) in [5.74, 6) is -0.195. The van der Waals surface area contributed by atoms with Crippen molar-refractivity contribution < 1.29 is 19.1 Å². The van der Waals surface area contributed by atoms with Gasteiger partial charge in [0.25, 0.3) is 5.91 Å². The van der Waals surface area contributed by atoms with Crippen LogP contribution in [0.5, 0.6) is 0 Å². The Bertz CT molecular complexity index is 599. The monoisotopic (exact) mass is 323 g/mol. The van der Waals surface area contributed by atoms with E-state index in [0.717, 1.165) is 5.56 Å². The molecule has 1 atom stereocenters. The number of benzene rings is 1. The van der Waals surface area contributed by atoms with E-state index in [-0.39, 0.29) is 30.0 Å². The van der Waals surface area contributed by atoms with E-state index in [9.17, 15) is 9.90 Å². The van der Waals surface area contributed by atoms with Crippen molar-refractivity contribution in [3.8, 4) is 0 Å². The Balaban J connectivity index is 1.74. The maximum Gasteiger partial charge on any atom is 0.289 e. The number of nitrogens with zero attached hydrogens (tertiary/aromatic N) is 1. The Morgan fingerprint density at radius 2 is 2.05 bits per heavy atom. The highest BCUT2D eigenvalue weighted by Gasteiger charge is 2.18. The summed E-state index contributed by atoms with van der Waals surface area (Å²) in [4.78, 5) is 13.4. The largest absolute Gasteiger partial charge is 0.440 e. The van der Waals surface area contributed by atoms with Crippen LogP contribution in [0.25, 0.3) is 0 Å². The van der Waals surface area contributed by atoms with Gasteiger partial charge < -0.3 is 19.2 Å². The molecule has 0 aliphatic heterocycles. The SMILES string of the molecule is CN(CC(O)COCc1ccccc1)C(=O)c1ccc(Cl)o1. The number of carbonyl (C=O) groups is 1. The lowest BCUT2D eigenvalue weighted by molar-refractivity contribution is 0.0131. The topological polar surface area (TPSA) is 62.9 Å². The van der Waals surface area contributed by atoms with E-state index in [2.05, 4.69) is 0 Å². The van der Waals surface area contributed by atoms with Gasteiger partial charge in [-0.05, 0) is 29.3 Å². The second-order valence-corrected chi connectivity index (χ2v) is 5.32. The molecule has 1 amide bonds. The van der Waals surface area contributed by atoms with Gasteiger partial charge in [-0.2, -0.15) is 0 Å². The molecule has 0 bridgehead atoms. The number of hydrogen-bond acceptors (Lipinski definition) is 4. The van der Waals surface area contributed by atoms with Crippen molar-refractivity contribution in [3.05, 3.63) is 59.0 Å². The first kappa shape index (κ1) is 16.5. The summed E-state index contributed by atoms with van der Waals surface area (Å²) >= 11 is 5.63. The maximum atomic E-state index is 12.0. The van der Waals surface area contributed by atoms with Gasteiger partial charge in [0.15, 0.2) is 11.0 Å². The maximum absolute atomic E-state index is 12.0. The predicted octanol–water partition coefficient (Wildman–Crippen LogP) is 2.58. The van der Waals surface area contributed by atoms with Crippen molar-refractivity contribution in [1.82, 2.24) is 4.90 Å². The van der Waals surface area contributed by atoms with Crippen LogP contribution in [0.4, 0.5) is 0 Å². The van der Waals surface area contributed by atoms with Crippen molar-refractivity contribution in [1.29, 1.82) is 0 Å². The summed E-state index contributed by atoms with van der Waals surface area (Å²) < 4.78 is 10.5. The second kappa shape index (κ2) is 7.98. The van der Waals surface area contributed by atoms with Crippen molar-refractivity contribution in [3.63, 3.8) is 0 Å². The van der Waals surface area contributed by atoms with Crippen LogP contribution in [0.3, 0.4) is 0 Å². The zero-order valence-electron chi connectivity index (χ0n) is 12.2. The molecular formula is C16H18ClNO4. The lowest BCUT2D eigenvalue weighted by Crippen LogP contribution is -2.36. The van der Waals surface area contributed by atoms with Crippen LogP contribution < -0.4 is 0 Å². The van der Waals surface area contributed by atoms with Crippen molar-refractivity contribution in [2.75, 3.05) is 20.2 Å². The number of halogens is 1. The molecule has 1 aromatic heterocycles. The molecule has 0 spiro atoms. The Kier molecular flexibility index (Phi) is 6.00. The summed E-state index contributed by atoms with van der Waals surface area (Å²) in [6.07, 6.45) is -0.775. The molecule has 1 aromatic carbocycles. The van der Waals surface area contributed by atoms with Crippen molar-refractivity contribution >= 4 is 17.5 Å². The average Bonchev–Trinajstić information content (AvgIpc) is 2.94. The summed E-state index contributed by atoms with van der Waals surface area (Å²) in [6, 6.07) is 12.7. The summed E-state index contributed by atoms with van der Waals surface area (Å²) in [7, 11) is 1.58. The van der Waals surface area contributed by atoms with E-state index >= 15 is 0 Å². The lowest BCUT2D eigenvalue weighted by Gasteiger charge is -2.19. The molecule has 2 aromatic rings. The number of ether oxygens (including phenoxy) is 1. The minimum Gasteiger partial charge on any atom is -0.440 e. The van der Waals surface area contributed by atoms with E-state index in [1.165, 1.54) is 17.0 Å². The summed E-state index contributed by atoms with van der Waals surface area (Å²) in [5.41, 5.74) is 1.03. The first-order chi connectivity index (χ1) is 10.6. The fourth-order valence-corrected chi connectivity index (χ4v) is 2.10. The molecule has 0 radical (unpaired) electrons. The van der Waals surface area contributed by atoms with Gasteiger partial charge in [0.05, 0.1) is 19.3 Å². The van der Waals surface area contributed by atoms with Crippen LogP contribution in [0.2, 0.25) is 5.22 Å². The Hall–Kier alpha value is -1.82. The summed E-state index contributed by atoms with van der Waals surface area (Å²) in [6.45, 7) is 0.709. The fourth-order valence-electron chi connectivity index (χ4n) is 1.96. The third-order valence-corrected chi connectivity index (χ3v) is 3.24. The van der Waals surface area contributed by atoms with Crippen LogP contribution >= 0.6 is 11.6 Å². The van der Waals surface area contributed by atoms with Crippen LogP contribution in [0.1, 0.15) is 16.1 Å². The minimum atomic E-state index is -0.775. The van der Waals surface area contributed by atoms with E-state index < -0.39 is 6.10 Å². The van der Waals surface area contributed by atoms with Gasteiger partial charge in [-0.1, -0.05) is 30.3 Å². The van der Waals surface area contributed by atoms with E-state index in [4.69, 9.17) is 20.8 Å². The van der Waals surface area contributed by atoms with Gasteiger partial charge in [-0.15, -0.1) is 0 Å². The van der Waals surface area contributed by atoms with Crippen LogP contribution in [-0.4, -0.2) is 42.2 Å². The molecule has 0 aliphatic rings. The quantitative estimate of drug-likeness (QED) is 0.850. The molecule has 2 rings (SSSR count). The molecule has 22 heavy (non-hydrogen) atoms. The van der Waals surface area contributed by atoms with Crippen LogP contribution in [-0.2, 0) is 11.3 Å². The van der Waals surface area contributed by atoms with Gasteiger partial charge in [-0.3, -0.25) is 4.79 Å². The highest BCUT2D eigenvalue weighted by Crippen LogP contribution is 2.14. The Morgan fingerprint density at radius 1 is 1.32 bits per heavy atom. The third-order valence-electron chi connectivity index (χ3n) is 3.04. The van der Waals surface area contributed by atoms with Crippen LogP contribution in [0.15, 0.2) is 46.9 Å². The number of likely N-dealkylation sites (N-methyl/N-ethyl adjacent to an activating group) is 1. The number of hydrogen-bond donors (Lipinski definition) is 1. The highest BCUT2D eigenvalue weighted by molar-refractivity contribution is 6.29. The normalized spacial score (nSPS) is 12.1. The number of amides is 1. The van der Waals surface area contributed by atoms with Gasteiger partial charge >= 0.3 is 0 Å². The number of rotatable bonds is 7. The second-order valence-electron chi connectivity index (χ2n) is 4.94. The zero-order valence-corrected chi connectivity index (χ0v) is 13.0. The van der Waals surface area contributed by atoms with Gasteiger partial charge in [0.1, 0.15) is 0 Å². The van der Waals surface area contributed by atoms with Crippen molar-refractivity contribution in [2.45, 2.75) is 12.7 Å². The molecule has 118 valence electrons. The molecule has 1 unspecified atom stereocenters. The number of aliphatic hydroxyl groups excluding tert-OH is 1. The highest BCUT2D eigenvalue weighted by atomic mass is 35.5. The molecule has 1 N–H and O–H groups in total. The summed E-state index contributed by atoms with van der Waals surface area (Å²) in [5, 5.41) is 10.1. The zero-order chi connectivity index (χ0) is 15.9. The fraction of sp³-hybridized carbons (Fsp3) is 0.312. The number of carbonyl (C=O) groups excluding carboxylic acids is 1. The van der Waals surface area contributed by atoms with E-state index in [1.807, 2.05) is 30.3 Å². The molecule has 0 saturated carbocycles. The van der Waals surface area contributed by atoms with E-state index in [1.54, 1.807) is 7.05 Å². The molecule has 0 fully saturated rings. The van der Waals surface area contributed by atoms with Crippen molar-refractivity contribution in [2.24, 2.45) is 0 Å². The Labute approximate surface area is 134 Å². The molecule has 0 saturated heterocycles. The average molecular weight is 324 g/mol. The third kappa shape index (κ3) is 4.87. The first-order valence-corrected chi connectivity index (χ1v) is 7.24. The molecule has 0 aliphatic carbocycles. The lowest BCUT2D eigenvalue weighted by atomic mass is 10.2. The minimum absolute atomic E-state index is 0.143. The predicted molar refractivity (Wildman–Crippen MR) is 82.8 cm³/mol. The molecular weight excluding hydrogens is 306 g/mol. The van der Waals surface area contributed by atoms with Crippen LogP contribution in [0, 0.1) is 0 Å². The molecule has 5 nitrogen and oxygen atoms in total. The number of furan rings is 1. The van der Waals surface area contributed by atoms with Gasteiger partial charge in [0, 0.05) is 13.6 Å².